The Balaban J connectivity index is 1.94. The Kier molecular flexibility index (Phi) is 4.98. The number of aromatic nitrogens is 2. The Morgan fingerprint density at radius 1 is 1.29 bits per heavy atom. The van der Waals surface area contributed by atoms with Gasteiger partial charge in [-0.2, -0.15) is 5.10 Å². The van der Waals surface area contributed by atoms with Crippen molar-refractivity contribution in [2.75, 3.05) is 12.3 Å². The topological polar surface area (TPSA) is 90.0 Å². The number of aryl methyl sites for hydroxylation is 1. The van der Waals surface area contributed by atoms with Gasteiger partial charge in [0.05, 0.1) is 23.3 Å². The van der Waals surface area contributed by atoms with Gasteiger partial charge in [-0.05, 0) is 24.1 Å². The molecule has 0 unspecified atom stereocenters. The van der Waals surface area contributed by atoms with Crippen LogP contribution in [-0.4, -0.2) is 24.7 Å². The number of rotatable bonds is 7. The second-order valence-electron chi connectivity index (χ2n) is 4.83. The van der Waals surface area contributed by atoms with Crippen LogP contribution in [0, 0.1) is 0 Å². The van der Waals surface area contributed by atoms with Crippen LogP contribution in [0.4, 0.5) is 5.69 Å². The lowest BCUT2D eigenvalue weighted by molar-refractivity contribution is 0.561. The van der Waals surface area contributed by atoms with Crippen LogP contribution in [0.15, 0.2) is 41.6 Å². The Morgan fingerprint density at radius 3 is 2.57 bits per heavy atom. The Morgan fingerprint density at radius 2 is 2.00 bits per heavy atom. The maximum atomic E-state index is 12.1. The summed E-state index contributed by atoms with van der Waals surface area (Å²) in [6.45, 7) is 2.79. The molecule has 0 atom stereocenters. The first-order valence-electron chi connectivity index (χ1n) is 6.88. The van der Waals surface area contributed by atoms with Gasteiger partial charge < -0.3 is 5.73 Å². The molecule has 0 saturated carbocycles. The minimum absolute atomic E-state index is 0.264. The molecule has 3 N–H and O–H groups in total. The first-order valence-corrected chi connectivity index (χ1v) is 8.36. The number of hydrogen-bond acceptors (Lipinski definition) is 4. The van der Waals surface area contributed by atoms with E-state index in [2.05, 4.69) is 16.7 Å². The Labute approximate surface area is 125 Å². The van der Waals surface area contributed by atoms with Gasteiger partial charge in [-0.3, -0.25) is 4.68 Å². The number of nitrogens with zero attached hydrogens (tertiary/aromatic N) is 2. The van der Waals surface area contributed by atoms with E-state index in [1.165, 1.54) is 6.20 Å². The zero-order valence-corrected chi connectivity index (χ0v) is 12.8. The van der Waals surface area contributed by atoms with Gasteiger partial charge in [0, 0.05) is 12.7 Å². The molecule has 0 radical (unpaired) electrons. The molecule has 0 aliphatic carbocycles. The molecule has 2 aromatic rings. The molecule has 0 fully saturated rings. The molecule has 6 nitrogen and oxygen atoms in total. The molecule has 0 bridgehead atoms. The highest BCUT2D eigenvalue weighted by Crippen LogP contribution is 2.11. The average molecular weight is 308 g/mol. The van der Waals surface area contributed by atoms with E-state index in [1.807, 2.05) is 12.1 Å². The van der Waals surface area contributed by atoms with E-state index in [1.54, 1.807) is 23.0 Å². The normalized spacial score (nSPS) is 11.7. The van der Waals surface area contributed by atoms with Crippen molar-refractivity contribution in [2.45, 2.75) is 31.2 Å². The quantitative estimate of drug-likeness (QED) is 0.809. The molecule has 0 amide bonds. The molecule has 0 saturated heterocycles. The van der Waals surface area contributed by atoms with Gasteiger partial charge in [-0.1, -0.05) is 25.5 Å². The summed E-state index contributed by atoms with van der Waals surface area (Å²) in [7, 11) is -3.48. The number of anilines is 1. The average Bonchev–Trinajstić information content (AvgIpc) is 2.85. The summed E-state index contributed by atoms with van der Waals surface area (Å²) in [5, 5.41) is 4.00. The molecule has 1 aromatic heterocycles. The lowest BCUT2D eigenvalue weighted by Crippen LogP contribution is -2.27. The van der Waals surface area contributed by atoms with Gasteiger partial charge in [0.15, 0.2) is 0 Å². The molecule has 7 heteroatoms. The van der Waals surface area contributed by atoms with Crippen molar-refractivity contribution in [2.24, 2.45) is 0 Å². The largest absolute Gasteiger partial charge is 0.396 e. The fraction of sp³-hybridized carbons (Fsp3) is 0.357. The van der Waals surface area contributed by atoms with Crippen LogP contribution in [0.1, 0.15) is 18.9 Å². The first kappa shape index (κ1) is 15.5. The summed E-state index contributed by atoms with van der Waals surface area (Å²) < 4.78 is 28.4. The number of sulfonamides is 1. The molecule has 2 rings (SSSR count). The van der Waals surface area contributed by atoms with E-state index in [4.69, 9.17) is 5.73 Å². The number of nitrogens with two attached hydrogens (primary N) is 1. The van der Waals surface area contributed by atoms with Crippen LogP contribution in [0.25, 0.3) is 0 Å². The Bertz CT molecular complexity index is 677. The van der Waals surface area contributed by atoms with Gasteiger partial charge in [-0.15, -0.1) is 0 Å². The van der Waals surface area contributed by atoms with Crippen LogP contribution >= 0.6 is 0 Å². The summed E-state index contributed by atoms with van der Waals surface area (Å²) in [5.74, 6) is 0. The predicted molar refractivity (Wildman–Crippen MR) is 82.3 cm³/mol. The number of hydrogen-bond donors (Lipinski definition) is 2. The van der Waals surface area contributed by atoms with E-state index in [0.29, 0.717) is 12.2 Å². The molecule has 1 heterocycles. The summed E-state index contributed by atoms with van der Waals surface area (Å²) in [6, 6.07) is 6.98. The van der Waals surface area contributed by atoms with Gasteiger partial charge in [0.2, 0.25) is 10.0 Å². The second-order valence-corrected chi connectivity index (χ2v) is 6.60. The SMILES string of the molecule is CCCc1ccc(S(=O)(=O)NCCn2cc(N)cn2)cc1. The fourth-order valence-corrected chi connectivity index (χ4v) is 3.02. The standard InChI is InChI=1S/C14H20N4O2S/c1-2-3-12-4-6-14(7-5-12)21(19,20)17-8-9-18-11-13(15)10-16-18/h4-7,10-11,17H,2-3,8-9,15H2,1H3. The number of nitrogens with one attached hydrogen (secondary N) is 1. The number of nitrogen functional groups attached to an aromatic ring is 1. The van der Waals surface area contributed by atoms with Crippen LogP contribution < -0.4 is 10.5 Å². The van der Waals surface area contributed by atoms with Crippen LogP contribution in [-0.2, 0) is 23.0 Å². The van der Waals surface area contributed by atoms with E-state index in [0.717, 1.165) is 18.4 Å². The molecule has 0 aliphatic heterocycles. The zero-order valence-electron chi connectivity index (χ0n) is 12.0. The van der Waals surface area contributed by atoms with Crippen LogP contribution in [0.3, 0.4) is 0 Å². The van der Waals surface area contributed by atoms with Gasteiger partial charge in [-0.25, -0.2) is 13.1 Å². The fourth-order valence-electron chi connectivity index (χ4n) is 2.00. The highest BCUT2D eigenvalue weighted by molar-refractivity contribution is 7.89. The zero-order chi connectivity index (χ0) is 15.3. The minimum Gasteiger partial charge on any atom is -0.396 e. The third kappa shape index (κ3) is 4.30. The summed E-state index contributed by atoms with van der Waals surface area (Å²) in [5.41, 5.74) is 7.25. The van der Waals surface area contributed by atoms with Crippen molar-refractivity contribution in [1.82, 2.24) is 14.5 Å². The minimum atomic E-state index is -3.48. The molecule has 114 valence electrons. The smallest absolute Gasteiger partial charge is 0.240 e. The van der Waals surface area contributed by atoms with Crippen molar-refractivity contribution < 1.29 is 8.42 Å². The summed E-state index contributed by atoms with van der Waals surface area (Å²) in [6.07, 6.45) is 5.18. The van der Waals surface area contributed by atoms with Crippen molar-refractivity contribution >= 4 is 15.7 Å². The van der Waals surface area contributed by atoms with E-state index in [-0.39, 0.29) is 11.4 Å². The van der Waals surface area contributed by atoms with Gasteiger partial charge in [0.1, 0.15) is 0 Å². The van der Waals surface area contributed by atoms with Crippen molar-refractivity contribution in [3.8, 4) is 0 Å². The van der Waals surface area contributed by atoms with Crippen LogP contribution in [0.2, 0.25) is 0 Å². The molecule has 0 spiro atoms. The lowest BCUT2D eigenvalue weighted by atomic mass is 10.1. The maximum absolute atomic E-state index is 12.1. The molecular weight excluding hydrogens is 288 g/mol. The van der Waals surface area contributed by atoms with Gasteiger partial charge in [0.25, 0.3) is 0 Å². The van der Waals surface area contributed by atoms with E-state index >= 15 is 0 Å². The highest BCUT2D eigenvalue weighted by atomic mass is 32.2. The predicted octanol–water partition coefficient (Wildman–Crippen LogP) is 1.40. The molecular formula is C14H20N4O2S. The second kappa shape index (κ2) is 6.73. The van der Waals surface area contributed by atoms with Gasteiger partial charge >= 0.3 is 0 Å². The molecule has 0 aliphatic rings. The molecule has 1 aromatic carbocycles. The lowest BCUT2D eigenvalue weighted by Gasteiger charge is -2.07. The molecule has 21 heavy (non-hydrogen) atoms. The van der Waals surface area contributed by atoms with Crippen molar-refractivity contribution in [1.29, 1.82) is 0 Å². The summed E-state index contributed by atoms with van der Waals surface area (Å²) in [4.78, 5) is 0.280. The van der Waals surface area contributed by atoms with Crippen LogP contribution in [0.5, 0.6) is 0 Å². The van der Waals surface area contributed by atoms with E-state index < -0.39 is 10.0 Å². The van der Waals surface area contributed by atoms with Crippen molar-refractivity contribution in [3.63, 3.8) is 0 Å². The Hall–Kier alpha value is -1.86. The number of benzene rings is 1. The highest BCUT2D eigenvalue weighted by Gasteiger charge is 2.13. The third-order valence-corrected chi connectivity index (χ3v) is 4.54. The van der Waals surface area contributed by atoms with Crippen molar-refractivity contribution in [3.05, 3.63) is 42.2 Å². The monoisotopic (exact) mass is 308 g/mol. The summed E-state index contributed by atoms with van der Waals surface area (Å²) >= 11 is 0. The third-order valence-electron chi connectivity index (χ3n) is 3.06. The maximum Gasteiger partial charge on any atom is 0.240 e. The van der Waals surface area contributed by atoms with E-state index in [9.17, 15) is 8.42 Å². The first-order chi connectivity index (χ1) is 10.0.